The highest BCUT2D eigenvalue weighted by Gasteiger charge is 2.36. The standard InChI is InChI=1S/C16H18N2O5/c1-2-3-8-12(16(22)23)17-13(19)9-18-14(20)10-6-4-5-7-11(10)15(18)21/h4-7,12H,2-3,8-9H2,1H3,(H,17,19)(H,22,23). The van der Waals surface area contributed by atoms with Gasteiger partial charge in [-0.15, -0.1) is 0 Å². The quantitative estimate of drug-likeness (QED) is 0.731. The minimum atomic E-state index is -1.13. The van der Waals surface area contributed by atoms with Gasteiger partial charge in [0.25, 0.3) is 11.8 Å². The molecule has 0 fully saturated rings. The van der Waals surface area contributed by atoms with Crippen LogP contribution in [0.2, 0.25) is 0 Å². The highest BCUT2D eigenvalue weighted by Crippen LogP contribution is 2.21. The maximum absolute atomic E-state index is 12.1. The van der Waals surface area contributed by atoms with Crippen molar-refractivity contribution in [3.63, 3.8) is 0 Å². The van der Waals surface area contributed by atoms with Crippen molar-refractivity contribution in [3.8, 4) is 0 Å². The lowest BCUT2D eigenvalue weighted by Gasteiger charge is -2.17. The number of carbonyl (C=O) groups is 4. The molecule has 1 aromatic rings. The Labute approximate surface area is 133 Å². The molecule has 7 heteroatoms. The van der Waals surface area contributed by atoms with Gasteiger partial charge in [-0.2, -0.15) is 0 Å². The Morgan fingerprint density at radius 3 is 2.22 bits per heavy atom. The molecule has 1 aliphatic heterocycles. The van der Waals surface area contributed by atoms with Crippen LogP contribution in [-0.4, -0.2) is 46.3 Å². The SMILES string of the molecule is CCCCC(NC(=O)CN1C(=O)c2ccccc2C1=O)C(=O)O. The molecule has 7 nitrogen and oxygen atoms in total. The summed E-state index contributed by atoms with van der Waals surface area (Å²) in [6, 6.07) is 5.30. The number of carboxylic acids is 1. The van der Waals surface area contributed by atoms with E-state index >= 15 is 0 Å². The normalized spacial score (nSPS) is 14.6. The van der Waals surface area contributed by atoms with Crippen LogP contribution in [0.25, 0.3) is 0 Å². The number of carboxylic acid groups (broad SMARTS) is 1. The zero-order valence-electron chi connectivity index (χ0n) is 12.7. The number of aliphatic carboxylic acids is 1. The van der Waals surface area contributed by atoms with Gasteiger partial charge in [-0.3, -0.25) is 19.3 Å². The molecule has 0 saturated carbocycles. The molecule has 0 spiro atoms. The van der Waals surface area contributed by atoms with Gasteiger partial charge in [-0.25, -0.2) is 4.79 Å². The number of amides is 3. The third-order valence-corrected chi connectivity index (χ3v) is 3.66. The van der Waals surface area contributed by atoms with Crippen molar-refractivity contribution in [1.82, 2.24) is 10.2 Å². The number of nitrogens with zero attached hydrogens (tertiary/aromatic N) is 1. The Bertz CT molecular complexity index is 621. The minimum Gasteiger partial charge on any atom is -0.480 e. The number of hydrogen-bond acceptors (Lipinski definition) is 4. The number of nitrogens with one attached hydrogen (secondary N) is 1. The fourth-order valence-corrected chi connectivity index (χ4v) is 2.43. The van der Waals surface area contributed by atoms with Crippen LogP contribution in [0.5, 0.6) is 0 Å². The molecule has 1 heterocycles. The van der Waals surface area contributed by atoms with E-state index in [0.29, 0.717) is 12.8 Å². The average Bonchev–Trinajstić information content (AvgIpc) is 2.76. The lowest BCUT2D eigenvalue weighted by Crippen LogP contribution is -2.46. The zero-order chi connectivity index (χ0) is 17.0. The van der Waals surface area contributed by atoms with Gasteiger partial charge < -0.3 is 10.4 Å². The van der Waals surface area contributed by atoms with E-state index in [-0.39, 0.29) is 11.1 Å². The first-order chi connectivity index (χ1) is 11.0. The van der Waals surface area contributed by atoms with Gasteiger partial charge >= 0.3 is 5.97 Å². The molecule has 0 radical (unpaired) electrons. The van der Waals surface area contributed by atoms with Crippen LogP contribution in [0, 0.1) is 0 Å². The van der Waals surface area contributed by atoms with Crippen LogP contribution in [0.15, 0.2) is 24.3 Å². The van der Waals surface area contributed by atoms with Crippen molar-refractivity contribution in [3.05, 3.63) is 35.4 Å². The first-order valence-electron chi connectivity index (χ1n) is 7.43. The molecule has 1 unspecified atom stereocenters. The van der Waals surface area contributed by atoms with Crippen LogP contribution in [0.4, 0.5) is 0 Å². The highest BCUT2D eigenvalue weighted by atomic mass is 16.4. The van der Waals surface area contributed by atoms with Gasteiger partial charge in [0.15, 0.2) is 0 Å². The second kappa shape index (κ2) is 7.04. The van der Waals surface area contributed by atoms with Crippen LogP contribution in [-0.2, 0) is 9.59 Å². The first kappa shape index (κ1) is 16.7. The van der Waals surface area contributed by atoms with Crippen LogP contribution in [0.1, 0.15) is 46.9 Å². The number of hydrogen-bond donors (Lipinski definition) is 2. The summed E-state index contributed by atoms with van der Waals surface area (Å²) in [5, 5.41) is 11.5. The van der Waals surface area contributed by atoms with Gasteiger partial charge in [0, 0.05) is 0 Å². The summed E-state index contributed by atoms with van der Waals surface area (Å²) in [5.74, 6) is -2.88. The molecular weight excluding hydrogens is 300 g/mol. The Hall–Kier alpha value is -2.70. The summed E-state index contributed by atoms with van der Waals surface area (Å²) in [5.41, 5.74) is 0.511. The van der Waals surface area contributed by atoms with Crippen LogP contribution in [0.3, 0.4) is 0 Å². The van der Waals surface area contributed by atoms with Crippen molar-refractivity contribution in [2.45, 2.75) is 32.2 Å². The molecule has 1 aliphatic rings. The summed E-state index contributed by atoms with van der Waals surface area (Å²) in [4.78, 5) is 48.2. The maximum atomic E-state index is 12.1. The van der Waals surface area contributed by atoms with Crippen molar-refractivity contribution in [1.29, 1.82) is 0 Å². The van der Waals surface area contributed by atoms with E-state index in [9.17, 15) is 19.2 Å². The van der Waals surface area contributed by atoms with Gasteiger partial charge in [0.1, 0.15) is 12.6 Å². The smallest absolute Gasteiger partial charge is 0.326 e. The fourth-order valence-electron chi connectivity index (χ4n) is 2.43. The molecule has 0 saturated heterocycles. The molecule has 2 rings (SSSR count). The molecule has 122 valence electrons. The number of rotatable bonds is 7. The molecule has 2 N–H and O–H groups in total. The van der Waals surface area contributed by atoms with E-state index in [1.54, 1.807) is 12.1 Å². The van der Waals surface area contributed by atoms with Crippen molar-refractivity contribution < 1.29 is 24.3 Å². The van der Waals surface area contributed by atoms with E-state index in [1.165, 1.54) is 12.1 Å². The minimum absolute atomic E-state index is 0.256. The zero-order valence-corrected chi connectivity index (χ0v) is 12.7. The number of benzene rings is 1. The summed E-state index contributed by atoms with van der Waals surface area (Å²) in [6.45, 7) is 1.43. The first-order valence-corrected chi connectivity index (χ1v) is 7.43. The van der Waals surface area contributed by atoms with Gasteiger partial charge in [0.05, 0.1) is 11.1 Å². The second-order valence-corrected chi connectivity index (χ2v) is 5.34. The van der Waals surface area contributed by atoms with E-state index in [4.69, 9.17) is 5.11 Å². The highest BCUT2D eigenvalue weighted by molar-refractivity contribution is 6.22. The molecule has 3 amide bonds. The average molecular weight is 318 g/mol. The van der Waals surface area contributed by atoms with Crippen molar-refractivity contribution in [2.24, 2.45) is 0 Å². The molecule has 0 aliphatic carbocycles. The topological polar surface area (TPSA) is 104 Å². The van der Waals surface area contributed by atoms with E-state index in [2.05, 4.69) is 5.32 Å². The van der Waals surface area contributed by atoms with Crippen LogP contribution < -0.4 is 5.32 Å². The lowest BCUT2D eigenvalue weighted by molar-refractivity contribution is -0.142. The Morgan fingerprint density at radius 1 is 1.17 bits per heavy atom. The van der Waals surface area contributed by atoms with Gasteiger partial charge in [-0.05, 0) is 18.6 Å². The molecule has 0 bridgehead atoms. The molecule has 23 heavy (non-hydrogen) atoms. The summed E-state index contributed by atoms with van der Waals surface area (Å²) in [6.07, 6.45) is 1.77. The fraction of sp³-hybridized carbons (Fsp3) is 0.375. The summed E-state index contributed by atoms with van der Waals surface area (Å²) in [7, 11) is 0. The predicted octanol–water partition coefficient (Wildman–Crippen LogP) is 1.04. The van der Waals surface area contributed by atoms with E-state index < -0.39 is 36.3 Å². The molecule has 1 atom stereocenters. The Kier molecular flexibility index (Phi) is 5.10. The number of unbranched alkanes of at least 4 members (excludes halogenated alkanes) is 1. The number of carbonyl (C=O) groups excluding carboxylic acids is 3. The van der Waals surface area contributed by atoms with E-state index in [1.807, 2.05) is 6.92 Å². The lowest BCUT2D eigenvalue weighted by atomic mass is 10.1. The monoisotopic (exact) mass is 318 g/mol. The van der Waals surface area contributed by atoms with Crippen molar-refractivity contribution in [2.75, 3.05) is 6.54 Å². The number of fused-ring (bicyclic) bond motifs is 1. The number of imide groups is 1. The Balaban J connectivity index is 2.02. The summed E-state index contributed by atoms with van der Waals surface area (Å²) < 4.78 is 0. The molecule has 1 aromatic carbocycles. The summed E-state index contributed by atoms with van der Waals surface area (Å²) >= 11 is 0. The molecular formula is C16H18N2O5. The second-order valence-electron chi connectivity index (χ2n) is 5.34. The third-order valence-electron chi connectivity index (χ3n) is 3.66. The predicted molar refractivity (Wildman–Crippen MR) is 80.9 cm³/mol. The molecule has 0 aromatic heterocycles. The third kappa shape index (κ3) is 3.56. The van der Waals surface area contributed by atoms with Crippen LogP contribution >= 0.6 is 0 Å². The van der Waals surface area contributed by atoms with Gasteiger partial charge in [0.2, 0.25) is 5.91 Å². The largest absolute Gasteiger partial charge is 0.480 e. The van der Waals surface area contributed by atoms with Crippen molar-refractivity contribution >= 4 is 23.7 Å². The van der Waals surface area contributed by atoms with E-state index in [0.717, 1.165) is 11.3 Å². The Morgan fingerprint density at radius 2 is 1.74 bits per heavy atom. The van der Waals surface area contributed by atoms with Gasteiger partial charge in [-0.1, -0.05) is 31.9 Å². The maximum Gasteiger partial charge on any atom is 0.326 e.